The molecule has 1 N–H and O–H groups in total. The molecule has 4 aromatic rings. The van der Waals surface area contributed by atoms with Crippen molar-refractivity contribution < 1.29 is 23.0 Å². The Kier molecular flexibility index (Phi) is 7.07. The highest BCUT2D eigenvalue weighted by atomic mass is 35.5. The lowest BCUT2D eigenvalue weighted by Gasteiger charge is -2.18. The molecule has 192 valence electrons. The predicted octanol–water partition coefficient (Wildman–Crippen LogP) is 5.18. The third kappa shape index (κ3) is 5.35. The number of rotatable bonds is 6. The number of hydrogen-bond donors (Lipinski definition) is 1. The Morgan fingerprint density at radius 2 is 1.84 bits per heavy atom. The highest BCUT2D eigenvalue weighted by molar-refractivity contribution is 6.32. The van der Waals surface area contributed by atoms with Crippen molar-refractivity contribution in [3.8, 4) is 22.7 Å². The summed E-state index contributed by atoms with van der Waals surface area (Å²) in [5.41, 5.74) is -0.507. The fourth-order valence-corrected chi connectivity index (χ4v) is 3.90. The standard InChI is InChI=1S/C26H22ClF3N4O3/c1-13-8-21(35)34(20-5-6-31-25(33-20)26(3,4)36)11-16(13)22-14(2)7-19(23(27)24(22)30)37-12-18-17(29)9-15(28)10-32-18/h5-11,36H,12H2,1-4H3. The maximum Gasteiger partial charge on any atom is 0.256 e. The molecule has 0 amide bonds. The smallest absolute Gasteiger partial charge is 0.256 e. The van der Waals surface area contributed by atoms with Crippen molar-refractivity contribution >= 4 is 11.6 Å². The number of halogens is 4. The summed E-state index contributed by atoms with van der Waals surface area (Å²) in [5.74, 6) is -2.30. The van der Waals surface area contributed by atoms with Gasteiger partial charge in [0.05, 0.1) is 6.20 Å². The zero-order valence-electron chi connectivity index (χ0n) is 20.3. The second kappa shape index (κ2) is 9.95. The van der Waals surface area contributed by atoms with Crippen molar-refractivity contribution in [2.24, 2.45) is 0 Å². The fourth-order valence-electron chi connectivity index (χ4n) is 3.70. The topological polar surface area (TPSA) is 90.1 Å². The van der Waals surface area contributed by atoms with Crippen LogP contribution in [-0.4, -0.2) is 24.6 Å². The summed E-state index contributed by atoms with van der Waals surface area (Å²) in [7, 11) is 0. The van der Waals surface area contributed by atoms with Crippen LogP contribution in [0.25, 0.3) is 16.9 Å². The number of pyridine rings is 2. The predicted molar refractivity (Wildman–Crippen MR) is 131 cm³/mol. The van der Waals surface area contributed by atoms with Crippen LogP contribution in [0.1, 0.15) is 36.5 Å². The van der Waals surface area contributed by atoms with Crippen LogP contribution in [0.4, 0.5) is 13.2 Å². The van der Waals surface area contributed by atoms with Crippen LogP contribution in [0.5, 0.6) is 5.75 Å². The molecule has 0 fully saturated rings. The summed E-state index contributed by atoms with van der Waals surface area (Å²) < 4.78 is 49.3. The molecule has 37 heavy (non-hydrogen) atoms. The van der Waals surface area contributed by atoms with Crippen molar-refractivity contribution in [1.29, 1.82) is 0 Å². The van der Waals surface area contributed by atoms with E-state index in [1.165, 1.54) is 49.0 Å². The lowest BCUT2D eigenvalue weighted by atomic mass is 9.97. The van der Waals surface area contributed by atoms with Crippen molar-refractivity contribution in [3.63, 3.8) is 0 Å². The quantitative estimate of drug-likeness (QED) is 0.369. The van der Waals surface area contributed by atoms with Gasteiger partial charge in [-0.2, -0.15) is 0 Å². The summed E-state index contributed by atoms with van der Waals surface area (Å²) in [6, 6.07) is 4.98. The van der Waals surface area contributed by atoms with Crippen molar-refractivity contribution in [2.75, 3.05) is 0 Å². The van der Waals surface area contributed by atoms with Gasteiger partial charge < -0.3 is 9.84 Å². The van der Waals surface area contributed by atoms with E-state index in [2.05, 4.69) is 15.0 Å². The Labute approximate surface area is 215 Å². The minimum atomic E-state index is -1.34. The first kappa shape index (κ1) is 26.3. The van der Waals surface area contributed by atoms with Crippen LogP contribution in [0.2, 0.25) is 5.02 Å². The molecule has 3 aromatic heterocycles. The first-order valence-electron chi connectivity index (χ1n) is 11.1. The molecule has 0 aliphatic rings. The first-order valence-corrected chi connectivity index (χ1v) is 11.5. The molecule has 4 rings (SSSR count). The van der Waals surface area contributed by atoms with Gasteiger partial charge in [-0.3, -0.25) is 14.3 Å². The molecule has 0 unspecified atom stereocenters. The highest BCUT2D eigenvalue weighted by Gasteiger charge is 2.23. The average Bonchev–Trinajstić information content (AvgIpc) is 2.82. The van der Waals surface area contributed by atoms with Gasteiger partial charge in [-0.25, -0.2) is 23.1 Å². The van der Waals surface area contributed by atoms with Crippen LogP contribution < -0.4 is 10.3 Å². The van der Waals surface area contributed by atoms with Gasteiger partial charge in [0.1, 0.15) is 40.3 Å². The van der Waals surface area contributed by atoms with E-state index in [0.717, 1.165) is 6.20 Å². The van der Waals surface area contributed by atoms with Gasteiger partial charge in [-0.15, -0.1) is 0 Å². The minimum absolute atomic E-state index is 0.0532. The third-order valence-electron chi connectivity index (χ3n) is 5.58. The van der Waals surface area contributed by atoms with Gasteiger partial charge in [0.2, 0.25) is 0 Å². The molecule has 0 aliphatic heterocycles. The zero-order valence-corrected chi connectivity index (χ0v) is 21.1. The van der Waals surface area contributed by atoms with E-state index >= 15 is 4.39 Å². The highest BCUT2D eigenvalue weighted by Crippen LogP contribution is 2.38. The molecule has 0 saturated heterocycles. The van der Waals surface area contributed by atoms with Gasteiger partial charge in [0.15, 0.2) is 17.5 Å². The van der Waals surface area contributed by atoms with Crippen LogP contribution >= 0.6 is 11.6 Å². The summed E-state index contributed by atoms with van der Waals surface area (Å²) in [6.07, 6.45) is 3.70. The van der Waals surface area contributed by atoms with Crippen molar-refractivity contribution in [2.45, 2.75) is 39.9 Å². The van der Waals surface area contributed by atoms with E-state index in [4.69, 9.17) is 16.3 Å². The van der Waals surface area contributed by atoms with E-state index in [-0.39, 0.29) is 33.7 Å². The average molecular weight is 531 g/mol. The molecule has 0 atom stereocenters. The van der Waals surface area contributed by atoms with E-state index in [1.54, 1.807) is 13.8 Å². The monoisotopic (exact) mass is 530 g/mol. The van der Waals surface area contributed by atoms with Gasteiger partial charge in [-0.1, -0.05) is 11.6 Å². The van der Waals surface area contributed by atoms with Gasteiger partial charge in [-0.05, 0) is 51.0 Å². The number of nitrogens with zero attached hydrogens (tertiary/aromatic N) is 4. The summed E-state index contributed by atoms with van der Waals surface area (Å²) in [4.78, 5) is 24.8. The molecule has 7 nitrogen and oxygen atoms in total. The Morgan fingerprint density at radius 3 is 2.51 bits per heavy atom. The number of aryl methyl sites for hydroxylation is 2. The Bertz CT molecular complexity index is 1570. The van der Waals surface area contributed by atoms with Gasteiger partial charge in [0.25, 0.3) is 5.56 Å². The number of aromatic nitrogens is 4. The van der Waals surface area contributed by atoms with Crippen molar-refractivity contribution in [3.05, 3.63) is 98.3 Å². The van der Waals surface area contributed by atoms with E-state index < -0.39 is 35.2 Å². The second-order valence-electron chi connectivity index (χ2n) is 8.94. The lowest BCUT2D eigenvalue weighted by Crippen LogP contribution is -2.23. The lowest BCUT2D eigenvalue weighted by molar-refractivity contribution is 0.0686. The number of aliphatic hydroxyl groups is 1. The molecule has 1 aromatic carbocycles. The zero-order chi connectivity index (χ0) is 27.1. The molecule has 3 heterocycles. The Morgan fingerprint density at radius 1 is 1.11 bits per heavy atom. The molecule has 0 aliphatic carbocycles. The fraction of sp³-hybridized carbons (Fsp3) is 0.231. The minimum Gasteiger partial charge on any atom is -0.485 e. The van der Waals surface area contributed by atoms with Crippen LogP contribution in [-0.2, 0) is 12.2 Å². The molecule has 0 spiro atoms. The van der Waals surface area contributed by atoms with E-state index in [0.29, 0.717) is 22.8 Å². The Balaban J connectivity index is 1.76. The Hall–Kier alpha value is -3.76. The van der Waals surface area contributed by atoms with Crippen LogP contribution in [0.3, 0.4) is 0 Å². The van der Waals surface area contributed by atoms with Crippen LogP contribution in [0.15, 0.2) is 47.7 Å². The first-order chi connectivity index (χ1) is 17.4. The summed E-state index contributed by atoms with van der Waals surface area (Å²) in [5, 5.41) is 9.89. The molecule has 0 saturated carbocycles. The largest absolute Gasteiger partial charge is 0.485 e. The summed E-state index contributed by atoms with van der Waals surface area (Å²) >= 11 is 6.27. The molecule has 11 heteroatoms. The maximum absolute atomic E-state index is 15.6. The maximum atomic E-state index is 15.6. The van der Waals surface area contributed by atoms with Crippen molar-refractivity contribution in [1.82, 2.24) is 19.5 Å². The molecular formula is C26H22ClF3N4O3. The molecule has 0 radical (unpaired) electrons. The van der Waals surface area contributed by atoms with E-state index in [9.17, 15) is 18.7 Å². The summed E-state index contributed by atoms with van der Waals surface area (Å²) in [6.45, 7) is 5.92. The van der Waals surface area contributed by atoms with Gasteiger partial charge >= 0.3 is 0 Å². The van der Waals surface area contributed by atoms with E-state index in [1.807, 2.05) is 0 Å². The number of benzene rings is 1. The van der Waals surface area contributed by atoms with Crippen LogP contribution in [0, 0.1) is 31.3 Å². The third-order valence-corrected chi connectivity index (χ3v) is 5.94. The SMILES string of the molecule is Cc1cc(=O)n(-c2ccnc(C(C)(C)O)n2)cc1-c1c(C)cc(OCc2ncc(F)cc2F)c(Cl)c1F. The normalized spacial score (nSPS) is 11.6. The number of hydrogen-bond acceptors (Lipinski definition) is 6. The molecule has 0 bridgehead atoms. The second-order valence-corrected chi connectivity index (χ2v) is 9.32. The number of ether oxygens (including phenoxy) is 1. The molecular weight excluding hydrogens is 509 g/mol. The van der Waals surface area contributed by atoms with Gasteiger partial charge in [0, 0.05) is 35.7 Å².